The molecule has 2 aromatic carbocycles. The summed E-state index contributed by atoms with van der Waals surface area (Å²) in [6, 6.07) is 13.6. The third-order valence-corrected chi connectivity index (χ3v) is 5.37. The van der Waals surface area contributed by atoms with Gasteiger partial charge in [0, 0.05) is 25.1 Å². The fourth-order valence-electron chi connectivity index (χ4n) is 3.96. The predicted molar refractivity (Wildman–Crippen MR) is 109 cm³/mol. The summed E-state index contributed by atoms with van der Waals surface area (Å²) >= 11 is 0. The predicted octanol–water partition coefficient (Wildman–Crippen LogP) is 4.37. The number of hydrogen-bond acceptors (Lipinski definition) is 5. The zero-order valence-corrected chi connectivity index (χ0v) is 16.0. The molecule has 6 heteroatoms. The molecule has 1 fully saturated rings. The number of hydrogen-bond donors (Lipinski definition) is 0. The molecule has 2 aliphatic rings. The summed E-state index contributed by atoms with van der Waals surface area (Å²) < 4.78 is 17.2. The Bertz CT molecular complexity index is 1040. The SMILES string of the molecule is O=C(/C=C/c1nc2ccccc2o1)N1CCCC1c1ccc2c(c1)OCCCO2. The molecule has 1 atom stereocenters. The maximum atomic E-state index is 12.9. The van der Waals surface area contributed by atoms with Crippen molar-refractivity contribution >= 4 is 23.1 Å². The minimum Gasteiger partial charge on any atom is -0.490 e. The van der Waals surface area contributed by atoms with Crippen LogP contribution >= 0.6 is 0 Å². The average molecular weight is 390 g/mol. The molecule has 1 amide bonds. The molecule has 3 heterocycles. The number of likely N-dealkylation sites (tertiary alicyclic amines) is 1. The molecule has 1 unspecified atom stereocenters. The number of oxazole rings is 1. The van der Waals surface area contributed by atoms with E-state index in [1.54, 1.807) is 12.2 Å². The van der Waals surface area contributed by atoms with Crippen LogP contribution in [0.1, 0.15) is 36.8 Å². The number of nitrogens with zero attached hydrogens (tertiary/aromatic N) is 2. The number of amides is 1. The third kappa shape index (κ3) is 3.58. The first-order valence-corrected chi connectivity index (χ1v) is 10.0. The summed E-state index contributed by atoms with van der Waals surface area (Å²) in [5.41, 5.74) is 2.58. The molecule has 1 saturated heterocycles. The molecule has 6 nitrogen and oxygen atoms in total. The second kappa shape index (κ2) is 7.62. The van der Waals surface area contributed by atoms with E-state index in [2.05, 4.69) is 4.98 Å². The van der Waals surface area contributed by atoms with Crippen LogP contribution in [0.5, 0.6) is 11.5 Å². The van der Waals surface area contributed by atoms with Gasteiger partial charge in [-0.1, -0.05) is 18.2 Å². The molecule has 0 N–H and O–H groups in total. The van der Waals surface area contributed by atoms with E-state index in [-0.39, 0.29) is 11.9 Å². The summed E-state index contributed by atoms with van der Waals surface area (Å²) in [5, 5.41) is 0. The summed E-state index contributed by atoms with van der Waals surface area (Å²) in [6.07, 6.45) is 5.97. The van der Waals surface area contributed by atoms with Crippen LogP contribution in [0.2, 0.25) is 0 Å². The van der Waals surface area contributed by atoms with E-state index in [1.807, 2.05) is 47.4 Å². The topological polar surface area (TPSA) is 64.8 Å². The van der Waals surface area contributed by atoms with Gasteiger partial charge in [-0.3, -0.25) is 4.79 Å². The maximum Gasteiger partial charge on any atom is 0.247 e. The van der Waals surface area contributed by atoms with Crippen LogP contribution in [-0.4, -0.2) is 35.5 Å². The molecule has 5 rings (SSSR count). The number of aromatic nitrogens is 1. The first-order chi connectivity index (χ1) is 14.3. The number of para-hydroxylation sites is 2. The second-order valence-electron chi connectivity index (χ2n) is 7.30. The van der Waals surface area contributed by atoms with Crippen LogP contribution in [0.15, 0.2) is 53.0 Å². The largest absolute Gasteiger partial charge is 0.490 e. The fourth-order valence-corrected chi connectivity index (χ4v) is 3.96. The van der Waals surface area contributed by atoms with Gasteiger partial charge < -0.3 is 18.8 Å². The van der Waals surface area contributed by atoms with Crippen LogP contribution in [0.3, 0.4) is 0 Å². The van der Waals surface area contributed by atoms with Crippen LogP contribution < -0.4 is 9.47 Å². The van der Waals surface area contributed by atoms with E-state index < -0.39 is 0 Å². The van der Waals surface area contributed by atoms with Gasteiger partial charge in [0.25, 0.3) is 0 Å². The van der Waals surface area contributed by atoms with Gasteiger partial charge in [-0.05, 0) is 42.7 Å². The van der Waals surface area contributed by atoms with Gasteiger partial charge in [0.05, 0.1) is 19.3 Å². The number of carbonyl (C=O) groups excluding carboxylic acids is 1. The van der Waals surface area contributed by atoms with Gasteiger partial charge in [-0.2, -0.15) is 0 Å². The van der Waals surface area contributed by atoms with Gasteiger partial charge in [0.15, 0.2) is 17.1 Å². The van der Waals surface area contributed by atoms with Gasteiger partial charge in [0.2, 0.25) is 11.8 Å². The second-order valence-corrected chi connectivity index (χ2v) is 7.30. The zero-order valence-electron chi connectivity index (χ0n) is 16.0. The Morgan fingerprint density at radius 2 is 1.93 bits per heavy atom. The van der Waals surface area contributed by atoms with E-state index in [4.69, 9.17) is 13.9 Å². The molecule has 148 valence electrons. The maximum absolute atomic E-state index is 12.9. The molecule has 0 spiro atoms. The first kappa shape index (κ1) is 17.8. The molecule has 0 bridgehead atoms. The highest BCUT2D eigenvalue weighted by Gasteiger charge is 2.29. The number of fused-ring (bicyclic) bond motifs is 2. The average Bonchev–Trinajstić information content (AvgIpc) is 3.33. The van der Waals surface area contributed by atoms with Crippen molar-refractivity contribution in [2.75, 3.05) is 19.8 Å². The monoisotopic (exact) mass is 390 g/mol. The van der Waals surface area contributed by atoms with Crippen molar-refractivity contribution in [3.8, 4) is 11.5 Å². The Morgan fingerprint density at radius 3 is 2.83 bits per heavy atom. The first-order valence-electron chi connectivity index (χ1n) is 10.0. The molecule has 0 aliphatic carbocycles. The van der Waals surface area contributed by atoms with Gasteiger partial charge >= 0.3 is 0 Å². The Hall–Kier alpha value is -3.28. The van der Waals surface area contributed by atoms with Crippen molar-refractivity contribution in [3.63, 3.8) is 0 Å². The lowest BCUT2D eigenvalue weighted by Gasteiger charge is -2.24. The summed E-state index contributed by atoms with van der Waals surface area (Å²) in [6.45, 7) is 2.05. The highest BCUT2D eigenvalue weighted by atomic mass is 16.5. The van der Waals surface area contributed by atoms with E-state index in [1.165, 1.54) is 0 Å². The highest BCUT2D eigenvalue weighted by molar-refractivity contribution is 5.92. The summed E-state index contributed by atoms with van der Waals surface area (Å²) in [7, 11) is 0. The van der Waals surface area contributed by atoms with Crippen LogP contribution in [-0.2, 0) is 4.79 Å². The standard InChI is InChI=1S/C23H22N2O4/c26-23(11-10-22-24-17-5-1-2-7-19(17)29-22)25-12-3-6-18(25)16-8-9-20-21(15-16)28-14-4-13-27-20/h1-2,5,7-11,15,18H,3-4,6,12-14H2/b11-10+. The number of carbonyl (C=O) groups is 1. The molecular formula is C23H22N2O4. The number of rotatable bonds is 3. The van der Waals surface area contributed by atoms with Crippen LogP contribution in [0, 0.1) is 0 Å². The Morgan fingerprint density at radius 1 is 1.07 bits per heavy atom. The summed E-state index contributed by atoms with van der Waals surface area (Å²) in [4.78, 5) is 19.2. The molecule has 3 aromatic rings. The lowest BCUT2D eigenvalue weighted by Crippen LogP contribution is -2.28. The molecule has 2 aliphatic heterocycles. The molecule has 29 heavy (non-hydrogen) atoms. The minimum atomic E-state index is -0.0399. The van der Waals surface area contributed by atoms with Crippen LogP contribution in [0.4, 0.5) is 0 Å². The molecule has 0 radical (unpaired) electrons. The lowest BCUT2D eigenvalue weighted by molar-refractivity contribution is -0.126. The molecular weight excluding hydrogens is 368 g/mol. The Balaban J connectivity index is 1.34. The third-order valence-electron chi connectivity index (χ3n) is 5.37. The normalized spacial score (nSPS) is 19.0. The van der Waals surface area contributed by atoms with Crippen molar-refractivity contribution < 1.29 is 18.7 Å². The molecule has 1 aromatic heterocycles. The quantitative estimate of drug-likeness (QED) is 0.622. The van der Waals surface area contributed by atoms with E-state index in [0.717, 1.165) is 48.4 Å². The Kier molecular flexibility index (Phi) is 4.68. The van der Waals surface area contributed by atoms with Crippen molar-refractivity contribution in [1.82, 2.24) is 9.88 Å². The van der Waals surface area contributed by atoms with E-state index in [9.17, 15) is 4.79 Å². The van der Waals surface area contributed by atoms with Crippen molar-refractivity contribution in [2.24, 2.45) is 0 Å². The van der Waals surface area contributed by atoms with Gasteiger partial charge in [0.1, 0.15) is 5.52 Å². The van der Waals surface area contributed by atoms with Gasteiger partial charge in [-0.25, -0.2) is 4.98 Å². The number of benzene rings is 2. The van der Waals surface area contributed by atoms with Crippen molar-refractivity contribution in [2.45, 2.75) is 25.3 Å². The fraction of sp³-hybridized carbons (Fsp3) is 0.304. The smallest absolute Gasteiger partial charge is 0.247 e. The molecule has 0 saturated carbocycles. The van der Waals surface area contributed by atoms with Crippen molar-refractivity contribution in [1.29, 1.82) is 0 Å². The van der Waals surface area contributed by atoms with E-state index >= 15 is 0 Å². The summed E-state index contributed by atoms with van der Waals surface area (Å²) in [5.74, 6) is 1.94. The van der Waals surface area contributed by atoms with Crippen molar-refractivity contribution in [3.05, 3.63) is 60.0 Å². The zero-order chi connectivity index (χ0) is 19.6. The van der Waals surface area contributed by atoms with E-state index in [0.29, 0.717) is 24.7 Å². The highest BCUT2D eigenvalue weighted by Crippen LogP contribution is 2.38. The lowest BCUT2D eigenvalue weighted by atomic mass is 10.0. The number of ether oxygens (including phenoxy) is 2. The Labute approximate surface area is 168 Å². The minimum absolute atomic E-state index is 0.0351. The van der Waals surface area contributed by atoms with Crippen LogP contribution in [0.25, 0.3) is 17.2 Å². The van der Waals surface area contributed by atoms with Gasteiger partial charge in [-0.15, -0.1) is 0 Å².